The monoisotopic (exact) mass is 182 g/mol. The zero-order valence-corrected chi connectivity index (χ0v) is 4.75. The average molecular weight is 182 g/mol. The van der Waals surface area contributed by atoms with E-state index in [1.54, 1.807) is 0 Å². The highest BCUT2D eigenvalue weighted by Crippen LogP contribution is 2.35. The van der Waals surface area contributed by atoms with Crippen molar-refractivity contribution in [2.75, 3.05) is 0 Å². The van der Waals surface area contributed by atoms with E-state index in [9.17, 15) is 26.7 Å². The zero-order valence-electron chi connectivity index (χ0n) is 4.75. The summed E-state index contributed by atoms with van der Waals surface area (Å²) in [6.45, 7) is 0. The van der Waals surface area contributed by atoms with Crippen LogP contribution in [-0.2, 0) is 4.79 Å². The Balaban J connectivity index is 0. The number of aliphatic carboxylic acids is 1. The Morgan fingerprint density at radius 1 is 1.09 bits per heavy atom. The first kappa shape index (κ1) is 12.7. The van der Waals surface area contributed by atoms with Gasteiger partial charge in [0.25, 0.3) is 0 Å². The van der Waals surface area contributed by atoms with Crippen molar-refractivity contribution in [2.45, 2.75) is 12.1 Å². The summed E-state index contributed by atoms with van der Waals surface area (Å²) in [6, 6.07) is 0. The van der Waals surface area contributed by atoms with Crippen LogP contribution in [0.1, 0.15) is 0 Å². The number of alkyl halides is 5. The minimum absolute atomic E-state index is 0. The first-order valence-electron chi connectivity index (χ1n) is 1.87. The molecule has 0 bridgehead atoms. The van der Waals surface area contributed by atoms with Gasteiger partial charge in [-0.1, -0.05) is 0 Å². The first-order valence-corrected chi connectivity index (χ1v) is 1.87. The molecular formula is C3H3F5O3. The molecule has 0 saturated heterocycles. The molecule has 0 unspecified atom stereocenters. The lowest BCUT2D eigenvalue weighted by Crippen LogP contribution is -2.43. The van der Waals surface area contributed by atoms with Crippen LogP contribution in [0.3, 0.4) is 0 Å². The Hall–Kier alpha value is -0.920. The van der Waals surface area contributed by atoms with Crippen LogP contribution >= 0.6 is 0 Å². The predicted molar refractivity (Wildman–Crippen MR) is 22.3 cm³/mol. The first-order chi connectivity index (χ1) is 4.19. The summed E-state index contributed by atoms with van der Waals surface area (Å²) in [5.41, 5.74) is 0. The fourth-order valence-electron chi connectivity index (χ4n) is 0.121. The van der Waals surface area contributed by atoms with Gasteiger partial charge in [-0.05, 0) is 0 Å². The molecule has 0 heterocycles. The molecule has 3 N–H and O–H groups in total. The lowest BCUT2D eigenvalue weighted by molar-refractivity contribution is -0.277. The Morgan fingerprint density at radius 2 is 1.36 bits per heavy atom. The minimum atomic E-state index is -6.02. The van der Waals surface area contributed by atoms with E-state index in [-0.39, 0.29) is 5.48 Å². The average Bonchev–Trinajstić information content (AvgIpc) is 1.62. The van der Waals surface area contributed by atoms with E-state index in [1.807, 2.05) is 0 Å². The smallest absolute Gasteiger partial charge is 0.465 e. The molecule has 0 aliphatic rings. The molecule has 8 heteroatoms. The van der Waals surface area contributed by atoms with Gasteiger partial charge in [0, 0.05) is 0 Å². The second-order valence-corrected chi connectivity index (χ2v) is 1.38. The molecule has 0 amide bonds. The molecular weight excluding hydrogens is 179 g/mol. The van der Waals surface area contributed by atoms with Crippen LogP contribution in [0, 0.1) is 0 Å². The van der Waals surface area contributed by atoms with Crippen LogP contribution < -0.4 is 0 Å². The number of carbonyl (C=O) groups is 1. The standard InChI is InChI=1S/C3HF5O2.H2O/c4-2(5,1(9)10)3(6,7)8;/h(H,9,10);1H2. The van der Waals surface area contributed by atoms with Crippen LogP contribution in [0.4, 0.5) is 22.0 Å². The summed E-state index contributed by atoms with van der Waals surface area (Å²) in [6.07, 6.45) is -6.02. The molecule has 3 nitrogen and oxygen atoms in total. The van der Waals surface area contributed by atoms with E-state index in [0.717, 1.165) is 0 Å². The second kappa shape index (κ2) is 2.99. The topological polar surface area (TPSA) is 68.8 Å². The maximum atomic E-state index is 11.3. The van der Waals surface area contributed by atoms with Crippen LogP contribution in [-0.4, -0.2) is 28.7 Å². The van der Waals surface area contributed by atoms with Crippen molar-refractivity contribution < 1.29 is 37.3 Å². The third kappa shape index (κ3) is 2.30. The predicted octanol–water partition coefficient (Wildman–Crippen LogP) is 0.444. The van der Waals surface area contributed by atoms with Crippen LogP contribution in [0.5, 0.6) is 0 Å². The lowest BCUT2D eigenvalue weighted by Gasteiger charge is -2.13. The molecule has 0 aliphatic heterocycles. The van der Waals surface area contributed by atoms with Crippen molar-refractivity contribution in [2.24, 2.45) is 0 Å². The van der Waals surface area contributed by atoms with E-state index in [2.05, 4.69) is 0 Å². The van der Waals surface area contributed by atoms with Crippen LogP contribution in [0.25, 0.3) is 0 Å². The van der Waals surface area contributed by atoms with Gasteiger partial charge in [-0.3, -0.25) is 0 Å². The van der Waals surface area contributed by atoms with E-state index in [0.29, 0.717) is 0 Å². The number of carboxylic acids is 1. The van der Waals surface area contributed by atoms with Crippen LogP contribution in [0.2, 0.25) is 0 Å². The maximum Gasteiger partial charge on any atom is 0.465 e. The summed E-state index contributed by atoms with van der Waals surface area (Å²) >= 11 is 0. The molecule has 0 rings (SSSR count). The van der Waals surface area contributed by atoms with Gasteiger partial charge in [-0.25, -0.2) is 4.79 Å². The third-order valence-corrected chi connectivity index (χ3v) is 0.625. The van der Waals surface area contributed by atoms with Gasteiger partial charge in [-0.15, -0.1) is 0 Å². The largest absolute Gasteiger partial charge is 0.477 e. The molecule has 11 heavy (non-hydrogen) atoms. The molecule has 0 aliphatic carbocycles. The molecule has 0 aromatic rings. The summed E-state index contributed by atoms with van der Waals surface area (Å²) in [7, 11) is 0. The highest BCUT2D eigenvalue weighted by Gasteiger charge is 2.64. The molecule has 0 fully saturated rings. The van der Waals surface area contributed by atoms with Gasteiger partial charge in [0.2, 0.25) is 0 Å². The van der Waals surface area contributed by atoms with E-state index in [1.165, 1.54) is 0 Å². The number of rotatable bonds is 1. The molecule has 0 aromatic carbocycles. The van der Waals surface area contributed by atoms with Gasteiger partial charge in [0.15, 0.2) is 0 Å². The van der Waals surface area contributed by atoms with Gasteiger partial charge < -0.3 is 10.6 Å². The highest BCUT2D eigenvalue weighted by molar-refractivity contribution is 5.76. The molecule has 0 radical (unpaired) electrons. The van der Waals surface area contributed by atoms with Crippen molar-refractivity contribution in [1.82, 2.24) is 0 Å². The summed E-state index contributed by atoms with van der Waals surface area (Å²) in [4.78, 5) is 9.20. The number of hydrogen-bond donors (Lipinski definition) is 1. The molecule has 0 atom stereocenters. The van der Waals surface area contributed by atoms with E-state index >= 15 is 0 Å². The van der Waals surface area contributed by atoms with Crippen molar-refractivity contribution in [3.8, 4) is 0 Å². The lowest BCUT2D eigenvalue weighted by atomic mass is 10.3. The number of hydrogen-bond acceptors (Lipinski definition) is 1. The molecule has 0 saturated carbocycles. The summed E-state index contributed by atoms with van der Waals surface area (Å²) in [5, 5.41) is 7.31. The van der Waals surface area contributed by atoms with Gasteiger partial charge >= 0.3 is 18.1 Å². The van der Waals surface area contributed by atoms with Crippen molar-refractivity contribution in [3.05, 3.63) is 0 Å². The van der Waals surface area contributed by atoms with Crippen molar-refractivity contribution in [1.29, 1.82) is 0 Å². The maximum absolute atomic E-state index is 11.3. The zero-order chi connectivity index (χ0) is 8.58. The Kier molecular flexibility index (Phi) is 3.46. The quantitative estimate of drug-likeness (QED) is 0.598. The Bertz CT molecular complexity index is 150. The van der Waals surface area contributed by atoms with Gasteiger partial charge in [0.1, 0.15) is 0 Å². The third-order valence-electron chi connectivity index (χ3n) is 0.625. The Morgan fingerprint density at radius 3 is 1.36 bits per heavy atom. The van der Waals surface area contributed by atoms with Crippen LogP contribution in [0.15, 0.2) is 0 Å². The highest BCUT2D eigenvalue weighted by atomic mass is 19.4. The SMILES string of the molecule is O.O=C(O)C(F)(F)C(F)(F)F. The molecule has 0 aromatic heterocycles. The summed E-state index contributed by atoms with van der Waals surface area (Å²) < 4.78 is 55.5. The normalized spacial score (nSPS) is 12.1. The van der Waals surface area contributed by atoms with Crippen molar-refractivity contribution in [3.63, 3.8) is 0 Å². The number of carboxylic acid groups (broad SMARTS) is 1. The Labute approximate surface area is 56.7 Å². The minimum Gasteiger partial charge on any atom is -0.477 e. The van der Waals surface area contributed by atoms with E-state index in [4.69, 9.17) is 5.11 Å². The fraction of sp³-hybridized carbons (Fsp3) is 0.667. The fourth-order valence-corrected chi connectivity index (χ4v) is 0.121. The molecule has 0 spiro atoms. The van der Waals surface area contributed by atoms with E-state index < -0.39 is 18.1 Å². The van der Waals surface area contributed by atoms with Gasteiger partial charge in [0.05, 0.1) is 0 Å². The van der Waals surface area contributed by atoms with Crippen molar-refractivity contribution >= 4 is 5.97 Å². The van der Waals surface area contributed by atoms with Gasteiger partial charge in [-0.2, -0.15) is 22.0 Å². The summed E-state index contributed by atoms with van der Waals surface area (Å²) in [5.74, 6) is -8.84. The second-order valence-electron chi connectivity index (χ2n) is 1.38. The molecule has 68 valence electrons. The number of halogens is 5.